The molecule has 1 amide bonds. The molecule has 4 N–H and O–H groups in total. The van der Waals surface area contributed by atoms with Crippen LogP contribution in [-0.2, 0) is 9.59 Å². The lowest BCUT2D eigenvalue weighted by atomic mass is 9.85. The second-order valence-corrected chi connectivity index (χ2v) is 5.17. The van der Waals surface area contributed by atoms with E-state index in [0.717, 1.165) is 12.8 Å². The first-order valence-corrected chi connectivity index (χ1v) is 6.16. The van der Waals surface area contributed by atoms with E-state index >= 15 is 0 Å². The molecule has 0 spiro atoms. The number of carbonyl (C=O) groups excluding carboxylic acids is 1. The molecule has 0 radical (unpaired) electrons. The number of hydrogen-bond donors (Lipinski definition) is 3. The normalized spacial score (nSPS) is 21.8. The molecule has 1 unspecified atom stereocenters. The molecule has 0 aromatic rings. The molecule has 1 aliphatic carbocycles. The van der Waals surface area contributed by atoms with Gasteiger partial charge >= 0.3 is 5.97 Å². The summed E-state index contributed by atoms with van der Waals surface area (Å²) < 4.78 is 0. The summed E-state index contributed by atoms with van der Waals surface area (Å²) in [5.74, 6) is -1.18. The molecule has 17 heavy (non-hydrogen) atoms. The van der Waals surface area contributed by atoms with Crippen molar-refractivity contribution in [2.45, 2.75) is 51.5 Å². The van der Waals surface area contributed by atoms with Gasteiger partial charge in [-0.05, 0) is 26.2 Å². The minimum Gasteiger partial charge on any atom is -0.480 e. The summed E-state index contributed by atoms with van der Waals surface area (Å²) in [6.07, 6.45) is 3.32. The number of carbonyl (C=O) groups is 2. The molecule has 0 heterocycles. The molecule has 1 fully saturated rings. The third kappa shape index (κ3) is 2.60. The molecule has 0 bridgehead atoms. The molecule has 1 rings (SSSR count). The Morgan fingerprint density at radius 2 is 1.94 bits per heavy atom. The highest BCUT2D eigenvalue weighted by atomic mass is 16.4. The van der Waals surface area contributed by atoms with Crippen LogP contribution in [0.4, 0.5) is 0 Å². The Morgan fingerprint density at radius 3 is 2.29 bits per heavy atom. The second kappa shape index (κ2) is 5.04. The van der Waals surface area contributed by atoms with Crippen molar-refractivity contribution >= 4 is 11.9 Å². The van der Waals surface area contributed by atoms with Gasteiger partial charge in [-0.3, -0.25) is 4.79 Å². The van der Waals surface area contributed by atoms with Gasteiger partial charge in [-0.25, -0.2) is 4.79 Å². The van der Waals surface area contributed by atoms with Gasteiger partial charge in [-0.15, -0.1) is 0 Å². The lowest BCUT2D eigenvalue weighted by molar-refractivity contribution is -0.149. The summed E-state index contributed by atoms with van der Waals surface area (Å²) in [4.78, 5) is 23.5. The van der Waals surface area contributed by atoms with Crippen molar-refractivity contribution in [2.75, 3.05) is 6.54 Å². The molecular formula is C12H22N2O3. The van der Waals surface area contributed by atoms with Crippen LogP contribution in [0.25, 0.3) is 0 Å². The standard InChI is InChI=1S/C12H22N2O3/c1-3-11(2,8-13)9(15)14-12(10(16)17)6-4-5-7-12/h3-8,13H2,1-2H3,(H,14,15)(H,16,17). The van der Waals surface area contributed by atoms with Crippen LogP contribution in [-0.4, -0.2) is 29.1 Å². The van der Waals surface area contributed by atoms with E-state index in [9.17, 15) is 14.7 Å². The lowest BCUT2D eigenvalue weighted by Crippen LogP contribution is -2.57. The van der Waals surface area contributed by atoms with Crippen molar-refractivity contribution in [2.24, 2.45) is 11.1 Å². The Kier molecular flexibility index (Phi) is 4.14. The smallest absolute Gasteiger partial charge is 0.329 e. The van der Waals surface area contributed by atoms with E-state index in [2.05, 4.69) is 5.32 Å². The lowest BCUT2D eigenvalue weighted by Gasteiger charge is -2.32. The van der Waals surface area contributed by atoms with Crippen molar-refractivity contribution in [1.29, 1.82) is 0 Å². The van der Waals surface area contributed by atoms with E-state index in [1.54, 1.807) is 6.92 Å². The molecule has 0 aromatic carbocycles. The molecule has 0 aliphatic heterocycles. The number of nitrogens with one attached hydrogen (secondary N) is 1. The van der Waals surface area contributed by atoms with Crippen LogP contribution < -0.4 is 11.1 Å². The largest absolute Gasteiger partial charge is 0.480 e. The van der Waals surface area contributed by atoms with Gasteiger partial charge in [-0.1, -0.05) is 19.8 Å². The molecule has 1 saturated carbocycles. The van der Waals surface area contributed by atoms with E-state index in [1.807, 2.05) is 6.92 Å². The van der Waals surface area contributed by atoms with Gasteiger partial charge in [0.2, 0.25) is 5.91 Å². The summed E-state index contributed by atoms with van der Waals surface area (Å²) in [6, 6.07) is 0. The highest BCUT2D eigenvalue weighted by Crippen LogP contribution is 2.31. The molecule has 1 aliphatic rings. The maximum atomic E-state index is 12.1. The Morgan fingerprint density at radius 1 is 1.41 bits per heavy atom. The fourth-order valence-electron chi connectivity index (χ4n) is 2.14. The molecule has 0 saturated heterocycles. The van der Waals surface area contributed by atoms with E-state index in [1.165, 1.54) is 0 Å². The van der Waals surface area contributed by atoms with Gasteiger partial charge in [-0.2, -0.15) is 0 Å². The number of nitrogens with two attached hydrogens (primary N) is 1. The van der Waals surface area contributed by atoms with E-state index < -0.39 is 16.9 Å². The average molecular weight is 242 g/mol. The van der Waals surface area contributed by atoms with Crippen LogP contribution in [0.3, 0.4) is 0 Å². The topological polar surface area (TPSA) is 92.4 Å². The molecule has 5 heteroatoms. The zero-order chi connectivity index (χ0) is 13.1. The Labute approximate surface area is 102 Å². The Hall–Kier alpha value is -1.10. The Balaban J connectivity index is 2.82. The zero-order valence-electron chi connectivity index (χ0n) is 10.6. The van der Waals surface area contributed by atoms with Gasteiger partial charge in [0.15, 0.2) is 0 Å². The predicted molar refractivity (Wildman–Crippen MR) is 64.4 cm³/mol. The van der Waals surface area contributed by atoms with Crippen LogP contribution in [0.5, 0.6) is 0 Å². The molecule has 98 valence electrons. The van der Waals surface area contributed by atoms with Gasteiger partial charge in [0, 0.05) is 6.54 Å². The van der Waals surface area contributed by atoms with Crippen LogP contribution in [0.15, 0.2) is 0 Å². The average Bonchev–Trinajstić information content (AvgIpc) is 2.77. The van der Waals surface area contributed by atoms with Gasteiger partial charge in [0.05, 0.1) is 5.41 Å². The minimum absolute atomic E-state index is 0.227. The summed E-state index contributed by atoms with van der Waals surface area (Å²) in [6.45, 7) is 3.88. The third-order valence-corrected chi connectivity index (χ3v) is 4.00. The monoisotopic (exact) mass is 242 g/mol. The maximum absolute atomic E-state index is 12.1. The number of rotatable bonds is 5. The number of carboxylic acids is 1. The zero-order valence-corrected chi connectivity index (χ0v) is 10.6. The van der Waals surface area contributed by atoms with Gasteiger partial charge in [0.25, 0.3) is 0 Å². The SMILES string of the molecule is CCC(C)(CN)C(=O)NC1(C(=O)O)CCCC1. The van der Waals surface area contributed by atoms with E-state index in [-0.39, 0.29) is 12.5 Å². The molecule has 0 aromatic heterocycles. The highest BCUT2D eigenvalue weighted by molar-refractivity contribution is 5.90. The minimum atomic E-state index is -1.07. The number of hydrogen-bond acceptors (Lipinski definition) is 3. The first kappa shape index (κ1) is 14.0. The summed E-state index contributed by atoms with van der Waals surface area (Å²) in [5.41, 5.74) is 3.86. The first-order valence-electron chi connectivity index (χ1n) is 6.16. The van der Waals surface area contributed by atoms with Crippen molar-refractivity contribution in [3.05, 3.63) is 0 Å². The van der Waals surface area contributed by atoms with Crippen LogP contribution in [0, 0.1) is 5.41 Å². The molecular weight excluding hydrogens is 220 g/mol. The maximum Gasteiger partial charge on any atom is 0.329 e. The van der Waals surface area contributed by atoms with Gasteiger partial charge < -0.3 is 16.2 Å². The highest BCUT2D eigenvalue weighted by Gasteiger charge is 2.45. The molecule has 1 atom stereocenters. The van der Waals surface area contributed by atoms with Crippen LogP contribution in [0.1, 0.15) is 46.0 Å². The van der Waals surface area contributed by atoms with Crippen molar-refractivity contribution in [3.63, 3.8) is 0 Å². The number of amides is 1. The van der Waals surface area contributed by atoms with E-state index in [0.29, 0.717) is 19.3 Å². The second-order valence-electron chi connectivity index (χ2n) is 5.17. The van der Waals surface area contributed by atoms with Gasteiger partial charge in [0.1, 0.15) is 5.54 Å². The predicted octanol–water partition coefficient (Wildman–Crippen LogP) is 0.875. The summed E-state index contributed by atoms with van der Waals surface area (Å²) in [5, 5.41) is 12.0. The van der Waals surface area contributed by atoms with E-state index in [4.69, 9.17) is 5.73 Å². The Bertz CT molecular complexity index is 305. The fourth-order valence-corrected chi connectivity index (χ4v) is 2.14. The molecule has 5 nitrogen and oxygen atoms in total. The number of aliphatic carboxylic acids is 1. The van der Waals surface area contributed by atoms with Crippen molar-refractivity contribution < 1.29 is 14.7 Å². The van der Waals surface area contributed by atoms with Crippen LogP contribution >= 0.6 is 0 Å². The van der Waals surface area contributed by atoms with Crippen LogP contribution in [0.2, 0.25) is 0 Å². The first-order chi connectivity index (χ1) is 7.90. The summed E-state index contributed by atoms with van der Waals surface area (Å²) in [7, 11) is 0. The summed E-state index contributed by atoms with van der Waals surface area (Å²) >= 11 is 0. The quantitative estimate of drug-likeness (QED) is 0.667. The van der Waals surface area contributed by atoms with Crippen molar-refractivity contribution in [3.8, 4) is 0 Å². The fraction of sp³-hybridized carbons (Fsp3) is 0.833. The van der Waals surface area contributed by atoms with Crippen molar-refractivity contribution in [1.82, 2.24) is 5.32 Å². The number of carboxylic acid groups (broad SMARTS) is 1. The third-order valence-electron chi connectivity index (χ3n) is 4.00.